The summed E-state index contributed by atoms with van der Waals surface area (Å²) in [4.78, 5) is 25.2. The molecule has 4 rings (SSSR count). The SMILES string of the molecule is Cc1cc(=O)c(C(=O)Nc2ccc(S(=O)(=O)N3CCCC3)cc2)nn1-c1ccccc1. The molecule has 160 valence electrons. The molecule has 0 bridgehead atoms. The van der Waals surface area contributed by atoms with Crippen LogP contribution in [0, 0.1) is 6.92 Å². The van der Waals surface area contributed by atoms with Gasteiger partial charge in [-0.25, -0.2) is 13.1 Å². The Labute approximate surface area is 180 Å². The molecule has 31 heavy (non-hydrogen) atoms. The van der Waals surface area contributed by atoms with Gasteiger partial charge in [0.05, 0.1) is 10.6 Å². The number of rotatable bonds is 5. The van der Waals surface area contributed by atoms with E-state index in [4.69, 9.17) is 0 Å². The van der Waals surface area contributed by atoms with Gasteiger partial charge in [-0.05, 0) is 56.2 Å². The zero-order chi connectivity index (χ0) is 22.0. The number of aromatic nitrogens is 2. The van der Waals surface area contributed by atoms with Crippen LogP contribution in [0.4, 0.5) is 5.69 Å². The maximum atomic E-state index is 12.7. The van der Waals surface area contributed by atoms with E-state index in [1.54, 1.807) is 6.92 Å². The summed E-state index contributed by atoms with van der Waals surface area (Å²) in [6, 6.07) is 16.5. The Hall–Kier alpha value is -3.30. The molecule has 1 fully saturated rings. The minimum absolute atomic E-state index is 0.173. The normalized spacial score (nSPS) is 14.5. The van der Waals surface area contributed by atoms with Crippen LogP contribution < -0.4 is 10.7 Å². The number of amides is 1. The van der Waals surface area contributed by atoms with Crippen molar-refractivity contribution in [2.75, 3.05) is 18.4 Å². The number of nitrogens with zero attached hydrogens (tertiary/aromatic N) is 3. The van der Waals surface area contributed by atoms with E-state index in [9.17, 15) is 18.0 Å². The minimum Gasteiger partial charge on any atom is -0.320 e. The van der Waals surface area contributed by atoms with E-state index >= 15 is 0 Å². The second-order valence-electron chi connectivity index (χ2n) is 7.34. The number of aryl methyl sites for hydroxylation is 1. The first-order valence-electron chi connectivity index (χ1n) is 9.94. The van der Waals surface area contributed by atoms with Gasteiger partial charge in [-0.2, -0.15) is 9.40 Å². The van der Waals surface area contributed by atoms with Crippen LogP contribution in [0.15, 0.2) is 70.4 Å². The third-order valence-corrected chi connectivity index (χ3v) is 7.05. The summed E-state index contributed by atoms with van der Waals surface area (Å²) in [6.45, 7) is 2.78. The fourth-order valence-corrected chi connectivity index (χ4v) is 5.03. The van der Waals surface area contributed by atoms with Crippen LogP contribution >= 0.6 is 0 Å². The fourth-order valence-electron chi connectivity index (χ4n) is 3.51. The maximum absolute atomic E-state index is 12.7. The summed E-state index contributed by atoms with van der Waals surface area (Å²) in [7, 11) is -3.53. The average Bonchev–Trinajstić information content (AvgIpc) is 3.31. The Morgan fingerprint density at radius 1 is 1.00 bits per heavy atom. The third kappa shape index (κ3) is 4.28. The second kappa shape index (κ2) is 8.44. The number of hydrogen-bond donors (Lipinski definition) is 1. The van der Waals surface area contributed by atoms with Gasteiger partial charge in [-0.15, -0.1) is 0 Å². The number of anilines is 1. The Bertz CT molecular complexity index is 1260. The van der Waals surface area contributed by atoms with Crippen molar-refractivity contribution in [2.24, 2.45) is 0 Å². The summed E-state index contributed by atoms with van der Waals surface area (Å²) in [6.07, 6.45) is 1.72. The van der Waals surface area contributed by atoms with Crippen LogP contribution in [0.2, 0.25) is 0 Å². The molecule has 1 aliphatic heterocycles. The Morgan fingerprint density at radius 2 is 1.65 bits per heavy atom. The Kier molecular flexibility index (Phi) is 5.71. The van der Waals surface area contributed by atoms with E-state index in [2.05, 4.69) is 10.4 Å². The number of hydrogen-bond acceptors (Lipinski definition) is 5. The lowest BCUT2D eigenvalue weighted by Crippen LogP contribution is -2.28. The van der Waals surface area contributed by atoms with Crippen molar-refractivity contribution < 1.29 is 13.2 Å². The molecule has 2 aromatic carbocycles. The van der Waals surface area contributed by atoms with E-state index < -0.39 is 21.4 Å². The van der Waals surface area contributed by atoms with Gasteiger partial charge in [0.15, 0.2) is 5.69 Å². The van der Waals surface area contributed by atoms with E-state index in [1.807, 2.05) is 30.3 Å². The lowest BCUT2D eigenvalue weighted by molar-refractivity contribution is 0.101. The lowest BCUT2D eigenvalue weighted by Gasteiger charge is -2.15. The summed E-state index contributed by atoms with van der Waals surface area (Å²) in [5, 5.41) is 6.86. The van der Waals surface area contributed by atoms with Crippen molar-refractivity contribution in [3.05, 3.63) is 82.3 Å². The molecule has 1 aromatic heterocycles. The van der Waals surface area contributed by atoms with E-state index in [-0.39, 0.29) is 10.6 Å². The van der Waals surface area contributed by atoms with Gasteiger partial charge in [0.1, 0.15) is 0 Å². The molecule has 0 atom stereocenters. The molecule has 1 N–H and O–H groups in total. The van der Waals surface area contributed by atoms with Crippen LogP contribution in [-0.2, 0) is 10.0 Å². The maximum Gasteiger partial charge on any atom is 0.280 e. The fraction of sp³-hybridized carbons (Fsp3) is 0.227. The van der Waals surface area contributed by atoms with Crippen molar-refractivity contribution in [3.8, 4) is 5.69 Å². The highest BCUT2D eigenvalue weighted by molar-refractivity contribution is 7.89. The van der Waals surface area contributed by atoms with Crippen LogP contribution in [0.25, 0.3) is 5.69 Å². The Morgan fingerprint density at radius 3 is 2.29 bits per heavy atom. The van der Waals surface area contributed by atoms with Gasteiger partial charge in [0, 0.05) is 30.5 Å². The molecule has 1 aliphatic rings. The van der Waals surface area contributed by atoms with Gasteiger partial charge in [0.2, 0.25) is 15.5 Å². The van der Waals surface area contributed by atoms with Crippen molar-refractivity contribution in [3.63, 3.8) is 0 Å². The number of carbonyl (C=O) groups is 1. The van der Waals surface area contributed by atoms with Crippen LogP contribution in [0.3, 0.4) is 0 Å². The Balaban J connectivity index is 1.57. The standard InChI is InChI=1S/C22H22N4O4S/c1-16-15-20(27)21(24-26(16)18-7-3-2-4-8-18)22(28)23-17-9-11-19(12-10-17)31(29,30)25-13-5-6-14-25/h2-4,7-12,15H,5-6,13-14H2,1H3,(H,23,28). The molecule has 1 saturated heterocycles. The zero-order valence-corrected chi connectivity index (χ0v) is 17.8. The van der Waals surface area contributed by atoms with E-state index in [1.165, 1.54) is 39.3 Å². The minimum atomic E-state index is -3.53. The van der Waals surface area contributed by atoms with Gasteiger partial charge in [0.25, 0.3) is 5.91 Å². The molecule has 8 nitrogen and oxygen atoms in total. The molecule has 3 aromatic rings. The molecule has 0 radical (unpaired) electrons. The van der Waals surface area contributed by atoms with E-state index in [0.29, 0.717) is 24.5 Å². The number of nitrogens with one attached hydrogen (secondary N) is 1. The molecule has 2 heterocycles. The zero-order valence-electron chi connectivity index (χ0n) is 17.0. The largest absolute Gasteiger partial charge is 0.320 e. The summed E-state index contributed by atoms with van der Waals surface area (Å²) >= 11 is 0. The highest BCUT2D eigenvalue weighted by Gasteiger charge is 2.27. The lowest BCUT2D eigenvalue weighted by atomic mass is 10.2. The summed E-state index contributed by atoms with van der Waals surface area (Å²) in [5.41, 5.74) is 0.965. The smallest absolute Gasteiger partial charge is 0.280 e. The average molecular weight is 439 g/mol. The van der Waals surface area contributed by atoms with Gasteiger partial charge in [-0.1, -0.05) is 18.2 Å². The molecule has 0 spiro atoms. The number of para-hydroxylation sites is 1. The summed E-state index contributed by atoms with van der Waals surface area (Å²) < 4.78 is 28.2. The van der Waals surface area contributed by atoms with Crippen molar-refractivity contribution in [2.45, 2.75) is 24.7 Å². The second-order valence-corrected chi connectivity index (χ2v) is 9.27. The van der Waals surface area contributed by atoms with Gasteiger partial charge >= 0.3 is 0 Å². The molecular weight excluding hydrogens is 416 g/mol. The first kappa shape index (κ1) is 21.0. The van der Waals surface area contributed by atoms with Gasteiger partial charge in [-0.3, -0.25) is 9.59 Å². The quantitative estimate of drug-likeness (QED) is 0.660. The predicted octanol–water partition coefficient (Wildman–Crippen LogP) is 2.58. The molecule has 0 aliphatic carbocycles. The summed E-state index contributed by atoms with van der Waals surface area (Å²) in [5.74, 6) is -0.662. The van der Waals surface area contributed by atoms with Crippen LogP contribution in [-0.4, -0.2) is 41.5 Å². The topological polar surface area (TPSA) is 101 Å². The molecular formula is C22H22N4O4S. The molecule has 0 saturated carbocycles. The van der Waals surface area contributed by atoms with Crippen LogP contribution in [0.5, 0.6) is 0 Å². The number of benzene rings is 2. The number of carbonyl (C=O) groups excluding carboxylic acids is 1. The highest BCUT2D eigenvalue weighted by Crippen LogP contribution is 2.22. The first-order chi connectivity index (χ1) is 14.9. The van der Waals surface area contributed by atoms with Crippen LogP contribution in [0.1, 0.15) is 29.0 Å². The molecule has 1 amide bonds. The third-order valence-electron chi connectivity index (χ3n) is 5.14. The number of sulfonamides is 1. The first-order valence-corrected chi connectivity index (χ1v) is 11.4. The predicted molar refractivity (Wildman–Crippen MR) is 117 cm³/mol. The van der Waals surface area contributed by atoms with Gasteiger partial charge < -0.3 is 5.32 Å². The van der Waals surface area contributed by atoms with Crippen molar-refractivity contribution >= 4 is 21.6 Å². The highest BCUT2D eigenvalue weighted by atomic mass is 32.2. The van der Waals surface area contributed by atoms with Crippen molar-refractivity contribution in [1.82, 2.24) is 14.1 Å². The molecule has 0 unspecified atom stereocenters. The monoisotopic (exact) mass is 438 g/mol. The van der Waals surface area contributed by atoms with Crippen molar-refractivity contribution in [1.29, 1.82) is 0 Å². The molecule has 9 heteroatoms. The van der Waals surface area contributed by atoms with E-state index in [0.717, 1.165) is 18.5 Å².